The fraction of sp³-hybridized carbons (Fsp3) is 0.600. The van der Waals surface area contributed by atoms with Gasteiger partial charge in [-0.3, -0.25) is 0 Å². The molecule has 1 aliphatic rings. The summed E-state index contributed by atoms with van der Waals surface area (Å²) in [7, 11) is 1.79. The molecule has 0 unspecified atom stereocenters. The van der Waals surface area contributed by atoms with Gasteiger partial charge < -0.3 is 10.6 Å². The summed E-state index contributed by atoms with van der Waals surface area (Å²) in [6.45, 7) is 0.958. The first-order valence-electron chi connectivity index (χ1n) is 5.23. The van der Waals surface area contributed by atoms with Gasteiger partial charge in [0.05, 0.1) is 6.20 Å². The van der Waals surface area contributed by atoms with Crippen LogP contribution in [0.3, 0.4) is 0 Å². The van der Waals surface area contributed by atoms with Crippen LogP contribution in [0.4, 0.5) is 11.8 Å². The maximum Gasteiger partial charge on any atom is 0.224 e. The average Bonchev–Trinajstić information content (AvgIpc) is 2.18. The zero-order valence-electron chi connectivity index (χ0n) is 8.76. The SMILES string of the molecule is CNc1ncc(Cl)c(NCC2CCC2)n1. The Kier molecular flexibility index (Phi) is 3.26. The van der Waals surface area contributed by atoms with E-state index in [4.69, 9.17) is 11.6 Å². The lowest BCUT2D eigenvalue weighted by atomic mass is 9.85. The second-order valence-corrected chi connectivity index (χ2v) is 4.23. The second kappa shape index (κ2) is 4.66. The molecule has 1 aromatic rings. The number of rotatable bonds is 4. The van der Waals surface area contributed by atoms with Crippen LogP contribution in [0.2, 0.25) is 5.02 Å². The number of anilines is 2. The van der Waals surface area contributed by atoms with E-state index in [0.29, 0.717) is 11.0 Å². The van der Waals surface area contributed by atoms with Crippen molar-refractivity contribution in [1.29, 1.82) is 0 Å². The van der Waals surface area contributed by atoms with Crippen molar-refractivity contribution in [3.63, 3.8) is 0 Å². The summed E-state index contributed by atoms with van der Waals surface area (Å²) in [5.41, 5.74) is 0. The van der Waals surface area contributed by atoms with Crippen molar-refractivity contribution < 1.29 is 0 Å². The van der Waals surface area contributed by atoms with Crippen LogP contribution in [0.15, 0.2) is 6.20 Å². The van der Waals surface area contributed by atoms with E-state index in [2.05, 4.69) is 20.6 Å². The Balaban J connectivity index is 1.98. The van der Waals surface area contributed by atoms with Gasteiger partial charge in [0.1, 0.15) is 10.8 Å². The molecule has 15 heavy (non-hydrogen) atoms. The molecule has 1 aliphatic carbocycles. The Morgan fingerprint density at radius 3 is 2.93 bits per heavy atom. The number of aromatic nitrogens is 2. The molecule has 1 aromatic heterocycles. The molecule has 1 fully saturated rings. The van der Waals surface area contributed by atoms with E-state index >= 15 is 0 Å². The molecule has 0 saturated heterocycles. The zero-order chi connectivity index (χ0) is 10.7. The minimum absolute atomic E-state index is 0.577. The Morgan fingerprint density at radius 2 is 2.33 bits per heavy atom. The smallest absolute Gasteiger partial charge is 0.224 e. The minimum atomic E-state index is 0.577. The van der Waals surface area contributed by atoms with Crippen molar-refractivity contribution in [2.45, 2.75) is 19.3 Å². The highest BCUT2D eigenvalue weighted by Gasteiger charge is 2.17. The van der Waals surface area contributed by atoms with Gasteiger partial charge in [0.25, 0.3) is 0 Å². The van der Waals surface area contributed by atoms with Gasteiger partial charge in [0, 0.05) is 13.6 Å². The highest BCUT2D eigenvalue weighted by Crippen LogP contribution is 2.27. The lowest BCUT2D eigenvalue weighted by Gasteiger charge is -2.25. The Labute approximate surface area is 94.5 Å². The van der Waals surface area contributed by atoms with E-state index in [0.717, 1.165) is 18.3 Å². The van der Waals surface area contributed by atoms with Crippen molar-refractivity contribution in [3.8, 4) is 0 Å². The van der Waals surface area contributed by atoms with Crippen LogP contribution in [0.25, 0.3) is 0 Å². The standard InChI is InChI=1S/C10H15ClN4/c1-12-10-14-6-8(11)9(15-10)13-5-7-3-2-4-7/h6-7H,2-5H2,1H3,(H2,12,13,14,15). The van der Waals surface area contributed by atoms with Crippen LogP contribution in [-0.2, 0) is 0 Å². The van der Waals surface area contributed by atoms with Gasteiger partial charge in [-0.05, 0) is 18.8 Å². The van der Waals surface area contributed by atoms with Gasteiger partial charge in [0.15, 0.2) is 0 Å². The Morgan fingerprint density at radius 1 is 1.53 bits per heavy atom. The third-order valence-corrected chi connectivity index (χ3v) is 3.03. The number of hydrogen-bond acceptors (Lipinski definition) is 4. The van der Waals surface area contributed by atoms with Gasteiger partial charge in [-0.1, -0.05) is 18.0 Å². The topological polar surface area (TPSA) is 49.8 Å². The normalized spacial score (nSPS) is 15.9. The van der Waals surface area contributed by atoms with E-state index in [9.17, 15) is 0 Å². The molecule has 0 radical (unpaired) electrons. The summed E-state index contributed by atoms with van der Waals surface area (Å²) in [5, 5.41) is 6.73. The molecule has 0 atom stereocenters. The van der Waals surface area contributed by atoms with E-state index in [-0.39, 0.29) is 0 Å². The molecule has 0 bridgehead atoms. The monoisotopic (exact) mass is 226 g/mol. The van der Waals surface area contributed by atoms with Crippen LogP contribution in [0, 0.1) is 5.92 Å². The molecule has 82 valence electrons. The van der Waals surface area contributed by atoms with Gasteiger partial charge >= 0.3 is 0 Å². The predicted molar refractivity (Wildman–Crippen MR) is 62.4 cm³/mol. The molecule has 2 N–H and O–H groups in total. The molecule has 4 nitrogen and oxygen atoms in total. The summed E-state index contributed by atoms with van der Waals surface area (Å²) in [4.78, 5) is 8.28. The molecule has 1 heterocycles. The molecule has 5 heteroatoms. The Hall–Kier alpha value is -1.03. The second-order valence-electron chi connectivity index (χ2n) is 3.82. The molecular weight excluding hydrogens is 212 g/mol. The first-order chi connectivity index (χ1) is 7.29. The summed E-state index contributed by atoms with van der Waals surface area (Å²) in [5.74, 6) is 2.10. The maximum absolute atomic E-state index is 5.98. The van der Waals surface area contributed by atoms with Crippen LogP contribution in [0.1, 0.15) is 19.3 Å². The van der Waals surface area contributed by atoms with Crippen molar-refractivity contribution in [1.82, 2.24) is 9.97 Å². The minimum Gasteiger partial charge on any atom is -0.368 e. The first kappa shape index (κ1) is 10.5. The van der Waals surface area contributed by atoms with Crippen LogP contribution in [-0.4, -0.2) is 23.6 Å². The zero-order valence-corrected chi connectivity index (χ0v) is 9.51. The highest BCUT2D eigenvalue weighted by molar-refractivity contribution is 6.32. The van der Waals surface area contributed by atoms with Crippen LogP contribution >= 0.6 is 11.6 Å². The summed E-state index contributed by atoms with van der Waals surface area (Å²) in [6.07, 6.45) is 5.60. The quantitative estimate of drug-likeness (QED) is 0.828. The van der Waals surface area contributed by atoms with Gasteiger partial charge in [-0.2, -0.15) is 4.98 Å². The summed E-state index contributed by atoms with van der Waals surface area (Å²) >= 11 is 5.98. The van der Waals surface area contributed by atoms with Gasteiger partial charge in [-0.15, -0.1) is 0 Å². The molecule has 1 saturated carbocycles. The summed E-state index contributed by atoms with van der Waals surface area (Å²) in [6, 6.07) is 0. The van der Waals surface area contributed by atoms with Crippen molar-refractivity contribution in [3.05, 3.63) is 11.2 Å². The molecule has 0 amide bonds. The molecule has 0 spiro atoms. The third kappa shape index (κ3) is 2.50. The van der Waals surface area contributed by atoms with Crippen molar-refractivity contribution in [2.24, 2.45) is 5.92 Å². The van der Waals surface area contributed by atoms with E-state index in [1.54, 1.807) is 13.2 Å². The Bertz CT molecular complexity index is 338. The lowest BCUT2D eigenvalue weighted by molar-refractivity contribution is 0.333. The van der Waals surface area contributed by atoms with Crippen LogP contribution in [0.5, 0.6) is 0 Å². The van der Waals surface area contributed by atoms with Gasteiger partial charge in [0.2, 0.25) is 5.95 Å². The van der Waals surface area contributed by atoms with E-state index in [1.165, 1.54) is 19.3 Å². The highest BCUT2D eigenvalue weighted by atomic mass is 35.5. The average molecular weight is 227 g/mol. The molecule has 2 rings (SSSR count). The fourth-order valence-corrected chi connectivity index (χ4v) is 1.71. The van der Waals surface area contributed by atoms with Gasteiger partial charge in [-0.25, -0.2) is 4.98 Å². The number of halogens is 1. The van der Waals surface area contributed by atoms with Crippen molar-refractivity contribution >= 4 is 23.4 Å². The van der Waals surface area contributed by atoms with E-state index < -0.39 is 0 Å². The molecule has 0 aliphatic heterocycles. The maximum atomic E-state index is 5.98. The summed E-state index contributed by atoms with van der Waals surface area (Å²) < 4.78 is 0. The van der Waals surface area contributed by atoms with Crippen molar-refractivity contribution in [2.75, 3.05) is 24.2 Å². The number of nitrogens with one attached hydrogen (secondary N) is 2. The molecular formula is C10H15ClN4. The van der Waals surface area contributed by atoms with Crippen LogP contribution < -0.4 is 10.6 Å². The lowest BCUT2D eigenvalue weighted by Crippen LogP contribution is -2.21. The first-order valence-corrected chi connectivity index (χ1v) is 5.61. The third-order valence-electron chi connectivity index (χ3n) is 2.75. The number of nitrogens with zero attached hydrogens (tertiary/aromatic N) is 2. The predicted octanol–water partition coefficient (Wildman–Crippen LogP) is 2.38. The molecule has 0 aromatic carbocycles. The largest absolute Gasteiger partial charge is 0.368 e. The van der Waals surface area contributed by atoms with E-state index in [1.807, 2.05) is 0 Å². The fourth-order valence-electron chi connectivity index (χ4n) is 1.55. The number of hydrogen-bond donors (Lipinski definition) is 2.